The maximum Gasteiger partial charge on any atom is 0.278 e. The molecule has 9 heteroatoms. The summed E-state index contributed by atoms with van der Waals surface area (Å²) in [6.07, 6.45) is 6.66. The Bertz CT molecular complexity index is 1500. The van der Waals surface area contributed by atoms with Gasteiger partial charge in [0.05, 0.1) is 6.54 Å². The van der Waals surface area contributed by atoms with Crippen LogP contribution in [0.5, 0.6) is 0 Å². The highest BCUT2D eigenvalue weighted by Gasteiger charge is 2.22. The molecule has 1 saturated heterocycles. The van der Waals surface area contributed by atoms with Crippen LogP contribution < -0.4 is 21.1 Å². The maximum atomic E-state index is 13.3. The number of pyridine rings is 1. The van der Waals surface area contributed by atoms with Crippen molar-refractivity contribution in [2.75, 3.05) is 36.4 Å². The molecule has 1 fully saturated rings. The van der Waals surface area contributed by atoms with Gasteiger partial charge in [-0.2, -0.15) is 4.98 Å². The number of nitrogens with zero attached hydrogens (tertiary/aromatic N) is 6. The van der Waals surface area contributed by atoms with Gasteiger partial charge in [0, 0.05) is 49.4 Å². The van der Waals surface area contributed by atoms with Crippen LogP contribution in [0.4, 0.5) is 17.3 Å². The van der Waals surface area contributed by atoms with Crippen LogP contribution in [0, 0.1) is 0 Å². The van der Waals surface area contributed by atoms with Gasteiger partial charge in [-0.15, -0.1) is 6.58 Å². The molecule has 6 rings (SSSR count). The fourth-order valence-corrected chi connectivity index (χ4v) is 5.40. The Balaban J connectivity index is 1.37. The van der Waals surface area contributed by atoms with Crippen LogP contribution in [-0.2, 0) is 13.0 Å². The highest BCUT2D eigenvalue weighted by Crippen LogP contribution is 2.31. The summed E-state index contributed by atoms with van der Waals surface area (Å²) < 4.78 is 3.43. The van der Waals surface area contributed by atoms with Crippen LogP contribution in [0.3, 0.4) is 0 Å². The van der Waals surface area contributed by atoms with Crippen LogP contribution in [0.15, 0.2) is 60.0 Å². The quantitative estimate of drug-likeness (QED) is 0.393. The monoisotopic (exact) mass is 496 g/mol. The number of rotatable bonds is 6. The number of benzene rings is 1. The average Bonchev–Trinajstić information content (AvgIpc) is 3.20. The van der Waals surface area contributed by atoms with Crippen molar-refractivity contribution in [2.45, 2.75) is 38.6 Å². The highest BCUT2D eigenvalue weighted by atomic mass is 16.1. The summed E-state index contributed by atoms with van der Waals surface area (Å²) in [6.45, 7) is 10.4. The van der Waals surface area contributed by atoms with Gasteiger partial charge >= 0.3 is 0 Å². The Morgan fingerprint density at radius 3 is 2.73 bits per heavy atom. The summed E-state index contributed by atoms with van der Waals surface area (Å²) in [5, 5.41) is 7.14. The lowest BCUT2D eigenvalue weighted by atomic mass is 9.88. The molecule has 1 aliphatic heterocycles. The molecule has 1 unspecified atom stereocenters. The van der Waals surface area contributed by atoms with E-state index in [0.717, 1.165) is 50.4 Å². The molecule has 190 valence electrons. The van der Waals surface area contributed by atoms with Crippen molar-refractivity contribution in [3.8, 4) is 5.82 Å². The number of piperazine rings is 1. The lowest BCUT2D eigenvalue weighted by Crippen LogP contribution is -2.43. The van der Waals surface area contributed by atoms with E-state index < -0.39 is 0 Å². The number of aromatic nitrogens is 5. The standard InChI is InChI=1S/C28H32N8O/c1-3-15-35-27(37)23-18-30-28(31-21-8-10-22(11-9-21)34-16-13-29-14-17-34)33-26(23)36(35)24-12-7-20-6-4-5-19(2)25(20)32-24/h3,7-12,18-19,29H,1,4-6,13-17H2,2H3,(H,30,31,33). The van der Waals surface area contributed by atoms with E-state index in [1.165, 1.54) is 17.7 Å². The van der Waals surface area contributed by atoms with Gasteiger partial charge < -0.3 is 15.5 Å². The molecule has 0 bridgehead atoms. The average molecular weight is 497 g/mol. The molecule has 1 aromatic carbocycles. The minimum Gasteiger partial charge on any atom is -0.369 e. The van der Waals surface area contributed by atoms with Crippen molar-refractivity contribution in [1.29, 1.82) is 0 Å². The van der Waals surface area contributed by atoms with Gasteiger partial charge in [0.25, 0.3) is 5.56 Å². The van der Waals surface area contributed by atoms with E-state index >= 15 is 0 Å². The fraction of sp³-hybridized carbons (Fsp3) is 0.357. The summed E-state index contributed by atoms with van der Waals surface area (Å²) in [6, 6.07) is 12.4. The third-order valence-corrected chi connectivity index (χ3v) is 7.35. The zero-order valence-corrected chi connectivity index (χ0v) is 21.2. The van der Waals surface area contributed by atoms with Crippen molar-refractivity contribution in [3.05, 3.63) is 76.9 Å². The van der Waals surface area contributed by atoms with E-state index in [1.807, 2.05) is 18.2 Å². The third-order valence-electron chi connectivity index (χ3n) is 7.35. The first-order chi connectivity index (χ1) is 18.1. The molecule has 9 nitrogen and oxygen atoms in total. The van der Waals surface area contributed by atoms with Crippen molar-refractivity contribution < 1.29 is 0 Å². The topological polar surface area (TPSA) is 92.9 Å². The van der Waals surface area contributed by atoms with Crippen molar-refractivity contribution >= 4 is 28.4 Å². The van der Waals surface area contributed by atoms with E-state index in [1.54, 1.807) is 21.6 Å². The summed E-state index contributed by atoms with van der Waals surface area (Å²) in [4.78, 5) is 29.9. The smallest absolute Gasteiger partial charge is 0.278 e. The van der Waals surface area contributed by atoms with Crippen LogP contribution >= 0.6 is 0 Å². The maximum absolute atomic E-state index is 13.3. The SMILES string of the molecule is C=CCn1c(=O)c2cnc(Nc3ccc(N4CCNCC4)cc3)nc2n1-c1ccc2c(n1)C(C)CCC2. The number of hydrogen-bond acceptors (Lipinski definition) is 7. The molecule has 0 amide bonds. The Morgan fingerprint density at radius 2 is 1.95 bits per heavy atom. The van der Waals surface area contributed by atoms with E-state index in [9.17, 15) is 4.79 Å². The second kappa shape index (κ2) is 9.82. The Labute approximate surface area is 215 Å². The molecule has 4 heterocycles. The predicted molar refractivity (Wildman–Crippen MR) is 147 cm³/mol. The number of hydrogen-bond donors (Lipinski definition) is 2. The molecule has 1 atom stereocenters. The van der Waals surface area contributed by atoms with E-state index in [0.29, 0.717) is 35.3 Å². The Morgan fingerprint density at radius 1 is 1.14 bits per heavy atom. The van der Waals surface area contributed by atoms with Gasteiger partial charge in [-0.25, -0.2) is 19.3 Å². The van der Waals surface area contributed by atoms with Gasteiger partial charge in [0.15, 0.2) is 11.5 Å². The first-order valence-electron chi connectivity index (χ1n) is 13.0. The third kappa shape index (κ3) is 4.40. The molecule has 1 aliphatic carbocycles. The molecule has 0 spiro atoms. The largest absolute Gasteiger partial charge is 0.369 e. The molecule has 0 radical (unpaired) electrons. The first kappa shape index (κ1) is 23.4. The van der Waals surface area contributed by atoms with Crippen LogP contribution in [-0.4, -0.2) is 50.5 Å². The van der Waals surface area contributed by atoms with Gasteiger partial charge in [-0.1, -0.05) is 19.1 Å². The lowest BCUT2D eigenvalue weighted by Gasteiger charge is -2.29. The first-order valence-corrected chi connectivity index (χ1v) is 13.0. The minimum atomic E-state index is -0.158. The van der Waals surface area contributed by atoms with Crippen molar-refractivity contribution in [2.24, 2.45) is 0 Å². The van der Waals surface area contributed by atoms with Gasteiger partial charge in [-0.05, 0) is 61.1 Å². The second-order valence-electron chi connectivity index (χ2n) is 9.83. The van der Waals surface area contributed by atoms with Crippen LogP contribution in [0.1, 0.15) is 36.9 Å². The molecule has 4 aromatic rings. The number of anilines is 3. The molecular weight excluding hydrogens is 464 g/mol. The van der Waals surface area contributed by atoms with Gasteiger partial charge in [0.2, 0.25) is 5.95 Å². The summed E-state index contributed by atoms with van der Waals surface area (Å²) in [7, 11) is 0. The fourth-order valence-electron chi connectivity index (χ4n) is 5.40. The Kier molecular flexibility index (Phi) is 6.21. The lowest BCUT2D eigenvalue weighted by molar-refractivity contribution is 0.559. The Hall–Kier alpha value is -3.98. The zero-order chi connectivity index (χ0) is 25.4. The molecular formula is C28H32N8O. The van der Waals surface area contributed by atoms with Gasteiger partial charge in [-0.3, -0.25) is 4.79 Å². The number of allylic oxidation sites excluding steroid dienone is 1. The summed E-state index contributed by atoms with van der Waals surface area (Å²) >= 11 is 0. The number of fused-ring (bicyclic) bond motifs is 2. The second-order valence-corrected chi connectivity index (χ2v) is 9.83. The zero-order valence-electron chi connectivity index (χ0n) is 21.2. The van der Waals surface area contributed by atoms with E-state index in [-0.39, 0.29) is 5.56 Å². The minimum absolute atomic E-state index is 0.158. The molecule has 2 N–H and O–H groups in total. The molecule has 37 heavy (non-hydrogen) atoms. The highest BCUT2D eigenvalue weighted by molar-refractivity contribution is 5.77. The van der Waals surface area contributed by atoms with E-state index in [4.69, 9.17) is 9.97 Å². The molecule has 0 saturated carbocycles. The van der Waals surface area contributed by atoms with Crippen LogP contribution in [0.25, 0.3) is 16.9 Å². The molecule has 2 aliphatic rings. The summed E-state index contributed by atoms with van der Waals surface area (Å²) in [5.74, 6) is 1.51. The molecule has 3 aromatic heterocycles. The normalized spacial score (nSPS) is 17.5. The van der Waals surface area contributed by atoms with Crippen molar-refractivity contribution in [1.82, 2.24) is 29.6 Å². The van der Waals surface area contributed by atoms with Crippen LogP contribution in [0.2, 0.25) is 0 Å². The predicted octanol–water partition coefficient (Wildman–Crippen LogP) is 3.76. The number of aryl methyl sites for hydroxylation is 1. The summed E-state index contributed by atoms with van der Waals surface area (Å²) in [5.41, 5.74) is 4.86. The van der Waals surface area contributed by atoms with E-state index in [2.05, 4.69) is 52.2 Å². The number of nitrogens with one attached hydrogen (secondary N) is 2. The van der Waals surface area contributed by atoms with Gasteiger partial charge in [0.1, 0.15) is 5.39 Å². The van der Waals surface area contributed by atoms with Crippen molar-refractivity contribution in [3.63, 3.8) is 0 Å².